The Morgan fingerprint density at radius 1 is 1.59 bits per heavy atom. The van der Waals surface area contributed by atoms with Gasteiger partial charge in [-0.05, 0) is 19.4 Å². The van der Waals surface area contributed by atoms with Crippen LogP contribution in [0.1, 0.15) is 22.8 Å². The second kappa shape index (κ2) is 5.12. The normalized spacial score (nSPS) is 11.4. The Kier molecular flexibility index (Phi) is 3.83. The maximum absolute atomic E-state index is 11.8. The first-order chi connectivity index (χ1) is 7.95. The Hall–Kier alpha value is -2.35. The molecule has 0 bridgehead atoms. The van der Waals surface area contributed by atoms with E-state index in [9.17, 15) is 14.9 Å². The van der Waals surface area contributed by atoms with Gasteiger partial charge < -0.3 is 5.32 Å². The lowest BCUT2D eigenvalue weighted by Crippen LogP contribution is -2.31. The van der Waals surface area contributed by atoms with Gasteiger partial charge in [-0.25, -0.2) is 0 Å². The Labute approximate surface area is 99.0 Å². The number of hydrogen-bond acceptors (Lipinski definition) is 3. The largest absolute Gasteiger partial charge is 0.339 e. The minimum absolute atomic E-state index is 0.117. The zero-order chi connectivity index (χ0) is 13.0. The van der Waals surface area contributed by atoms with Crippen LogP contribution >= 0.6 is 0 Å². The van der Waals surface area contributed by atoms with Gasteiger partial charge in [0.1, 0.15) is 0 Å². The highest BCUT2D eigenvalue weighted by molar-refractivity contribution is 5.96. The lowest BCUT2D eigenvalue weighted by molar-refractivity contribution is -0.384. The number of benzene rings is 1. The molecule has 0 saturated carbocycles. The van der Waals surface area contributed by atoms with Crippen molar-refractivity contribution in [2.45, 2.75) is 19.9 Å². The van der Waals surface area contributed by atoms with E-state index in [1.807, 2.05) is 0 Å². The van der Waals surface area contributed by atoms with Crippen LogP contribution in [-0.4, -0.2) is 16.9 Å². The number of hydrogen-bond donors (Lipinski definition) is 1. The SMILES string of the molecule is C#CC(C)NC(=O)c1cc([N+](=O)[O-])ccc1C. The summed E-state index contributed by atoms with van der Waals surface area (Å²) in [5.74, 6) is 1.95. The summed E-state index contributed by atoms with van der Waals surface area (Å²) in [6, 6.07) is 3.72. The van der Waals surface area contributed by atoms with Crippen molar-refractivity contribution in [1.29, 1.82) is 0 Å². The van der Waals surface area contributed by atoms with Crippen molar-refractivity contribution in [2.24, 2.45) is 0 Å². The molecule has 5 heteroatoms. The van der Waals surface area contributed by atoms with E-state index in [0.717, 1.165) is 0 Å². The fraction of sp³-hybridized carbons (Fsp3) is 0.250. The molecule has 1 aromatic carbocycles. The smallest absolute Gasteiger partial charge is 0.270 e. The van der Waals surface area contributed by atoms with Crippen molar-refractivity contribution in [2.75, 3.05) is 0 Å². The molecule has 5 nitrogen and oxygen atoms in total. The van der Waals surface area contributed by atoms with Crippen molar-refractivity contribution in [3.8, 4) is 12.3 Å². The second-order valence-electron chi connectivity index (χ2n) is 3.62. The van der Waals surface area contributed by atoms with Crippen LogP contribution in [-0.2, 0) is 0 Å². The number of non-ortho nitro benzene ring substituents is 1. The third-order valence-corrected chi connectivity index (χ3v) is 2.27. The third-order valence-electron chi connectivity index (χ3n) is 2.27. The van der Waals surface area contributed by atoms with Crippen molar-refractivity contribution in [3.05, 3.63) is 39.4 Å². The molecule has 1 unspecified atom stereocenters. The summed E-state index contributed by atoms with van der Waals surface area (Å²) in [5, 5.41) is 13.2. The monoisotopic (exact) mass is 232 g/mol. The average molecular weight is 232 g/mol. The highest BCUT2D eigenvalue weighted by Gasteiger charge is 2.15. The number of rotatable bonds is 3. The number of terminal acetylenes is 1. The number of nitro groups is 1. The van der Waals surface area contributed by atoms with E-state index in [4.69, 9.17) is 6.42 Å². The van der Waals surface area contributed by atoms with Crippen LogP contribution in [0.4, 0.5) is 5.69 Å². The number of aryl methyl sites for hydroxylation is 1. The highest BCUT2D eigenvalue weighted by Crippen LogP contribution is 2.17. The summed E-state index contributed by atoms with van der Waals surface area (Å²) in [7, 11) is 0. The van der Waals surface area contributed by atoms with E-state index in [2.05, 4.69) is 11.2 Å². The predicted octanol–water partition coefficient (Wildman–Crippen LogP) is 1.65. The number of nitrogens with one attached hydrogen (secondary N) is 1. The Morgan fingerprint density at radius 2 is 2.24 bits per heavy atom. The molecule has 1 amide bonds. The molecule has 0 fully saturated rings. The van der Waals surface area contributed by atoms with Crippen LogP contribution in [0.3, 0.4) is 0 Å². The number of carbonyl (C=O) groups excluding carboxylic acids is 1. The van der Waals surface area contributed by atoms with Crippen molar-refractivity contribution in [3.63, 3.8) is 0 Å². The Morgan fingerprint density at radius 3 is 2.76 bits per heavy atom. The third kappa shape index (κ3) is 3.05. The molecule has 1 aromatic rings. The summed E-state index contributed by atoms with van der Waals surface area (Å²) < 4.78 is 0. The van der Waals surface area contributed by atoms with Gasteiger partial charge in [0.2, 0.25) is 0 Å². The maximum Gasteiger partial charge on any atom is 0.270 e. The zero-order valence-electron chi connectivity index (χ0n) is 9.56. The first-order valence-corrected chi connectivity index (χ1v) is 4.97. The first kappa shape index (κ1) is 12.7. The Balaban J connectivity index is 3.05. The quantitative estimate of drug-likeness (QED) is 0.489. The standard InChI is InChI=1S/C12H12N2O3/c1-4-9(3)13-12(15)11-7-10(14(16)17)6-5-8(11)2/h1,5-7,9H,2-3H3,(H,13,15). The Bertz CT molecular complexity index is 503. The van der Waals surface area contributed by atoms with Gasteiger partial charge >= 0.3 is 0 Å². The number of nitro benzene ring substituents is 1. The zero-order valence-corrected chi connectivity index (χ0v) is 9.56. The van der Waals surface area contributed by atoms with Crippen LogP contribution in [0.2, 0.25) is 0 Å². The fourth-order valence-corrected chi connectivity index (χ4v) is 1.28. The van der Waals surface area contributed by atoms with Gasteiger partial charge in [0.15, 0.2) is 0 Å². The predicted molar refractivity (Wildman–Crippen MR) is 63.6 cm³/mol. The molecule has 1 N–H and O–H groups in total. The fourth-order valence-electron chi connectivity index (χ4n) is 1.28. The van der Waals surface area contributed by atoms with E-state index in [1.54, 1.807) is 13.8 Å². The van der Waals surface area contributed by atoms with Gasteiger partial charge in [0, 0.05) is 17.7 Å². The molecule has 0 aliphatic rings. The van der Waals surface area contributed by atoms with E-state index in [0.29, 0.717) is 5.56 Å². The van der Waals surface area contributed by atoms with E-state index >= 15 is 0 Å². The first-order valence-electron chi connectivity index (χ1n) is 4.97. The summed E-state index contributed by atoms with van der Waals surface area (Å²) in [6.07, 6.45) is 5.14. The molecule has 1 rings (SSSR count). The highest BCUT2D eigenvalue weighted by atomic mass is 16.6. The lowest BCUT2D eigenvalue weighted by atomic mass is 10.1. The topological polar surface area (TPSA) is 72.2 Å². The molecule has 0 radical (unpaired) electrons. The average Bonchev–Trinajstić information content (AvgIpc) is 2.28. The van der Waals surface area contributed by atoms with Crippen LogP contribution in [0.25, 0.3) is 0 Å². The van der Waals surface area contributed by atoms with Crippen molar-refractivity contribution >= 4 is 11.6 Å². The summed E-state index contributed by atoms with van der Waals surface area (Å²) >= 11 is 0. The second-order valence-corrected chi connectivity index (χ2v) is 3.62. The molecule has 0 saturated heterocycles. The van der Waals surface area contributed by atoms with Gasteiger partial charge in [0.05, 0.1) is 11.0 Å². The van der Waals surface area contributed by atoms with Gasteiger partial charge in [0.25, 0.3) is 11.6 Å². The van der Waals surface area contributed by atoms with Crippen LogP contribution in [0, 0.1) is 29.4 Å². The van der Waals surface area contributed by atoms with Gasteiger partial charge in [-0.2, -0.15) is 0 Å². The van der Waals surface area contributed by atoms with Gasteiger partial charge in [-0.15, -0.1) is 6.42 Å². The number of carbonyl (C=O) groups is 1. The van der Waals surface area contributed by atoms with Crippen LogP contribution in [0.15, 0.2) is 18.2 Å². The molecule has 1 atom stereocenters. The molecule has 88 valence electrons. The molecule has 0 aliphatic carbocycles. The van der Waals surface area contributed by atoms with Gasteiger partial charge in [-0.3, -0.25) is 14.9 Å². The molecule has 0 heterocycles. The van der Waals surface area contributed by atoms with Crippen LogP contribution < -0.4 is 5.32 Å². The molecule has 0 spiro atoms. The van der Waals surface area contributed by atoms with Gasteiger partial charge in [-0.1, -0.05) is 12.0 Å². The van der Waals surface area contributed by atoms with E-state index < -0.39 is 16.9 Å². The van der Waals surface area contributed by atoms with E-state index in [-0.39, 0.29) is 11.3 Å². The summed E-state index contributed by atoms with van der Waals surface area (Å²) in [5.41, 5.74) is 0.813. The summed E-state index contributed by atoms with van der Waals surface area (Å²) in [6.45, 7) is 3.36. The molecular formula is C12H12N2O3. The summed E-state index contributed by atoms with van der Waals surface area (Å²) in [4.78, 5) is 21.8. The van der Waals surface area contributed by atoms with Crippen molar-refractivity contribution in [1.82, 2.24) is 5.32 Å². The maximum atomic E-state index is 11.8. The minimum atomic E-state index is -0.541. The molecule has 0 aliphatic heterocycles. The minimum Gasteiger partial charge on any atom is -0.339 e. The molecular weight excluding hydrogens is 220 g/mol. The molecule has 17 heavy (non-hydrogen) atoms. The number of nitrogens with zero attached hydrogens (tertiary/aromatic N) is 1. The lowest BCUT2D eigenvalue weighted by Gasteiger charge is -2.09. The molecule has 0 aromatic heterocycles. The van der Waals surface area contributed by atoms with E-state index in [1.165, 1.54) is 18.2 Å². The van der Waals surface area contributed by atoms with Crippen LogP contribution in [0.5, 0.6) is 0 Å². The van der Waals surface area contributed by atoms with Crippen molar-refractivity contribution < 1.29 is 9.72 Å². The number of amides is 1.